The highest BCUT2D eigenvalue weighted by molar-refractivity contribution is 6.61. The first kappa shape index (κ1) is 15.7. The van der Waals surface area contributed by atoms with Gasteiger partial charge < -0.3 is 19.3 Å². The average molecular weight is 313 g/mol. The van der Waals surface area contributed by atoms with E-state index in [1.54, 1.807) is 0 Å². The topological polar surface area (TPSA) is 60.0 Å². The monoisotopic (exact) mass is 313 g/mol. The van der Waals surface area contributed by atoms with Crippen LogP contribution in [0.2, 0.25) is 0 Å². The molecule has 0 spiro atoms. The van der Waals surface area contributed by atoms with Crippen molar-refractivity contribution in [2.24, 2.45) is 0 Å². The summed E-state index contributed by atoms with van der Waals surface area (Å²) in [5, 5.41) is 9.90. The van der Waals surface area contributed by atoms with Crippen molar-refractivity contribution in [3.8, 4) is 11.5 Å². The van der Waals surface area contributed by atoms with Gasteiger partial charge >= 0.3 is 7.12 Å². The van der Waals surface area contributed by atoms with Gasteiger partial charge in [0.2, 0.25) is 0 Å². The minimum absolute atomic E-state index is 0.0655. The summed E-state index contributed by atoms with van der Waals surface area (Å²) in [6.45, 7) is 4.47. The van der Waals surface area contributed by atoms with E-state index in [0.29, 0.717) is 18.1 Å². The summed E-state index contributed by atoms with van der Waals surface area (Å²) < 4.78 is 11.0. The molecule has 0 radical (unpaired) electrons. The average Bonchev–Trinajstić information content (AvgIpc) is 2.54. The van der Waals surface area contributed by atoms with Gasteiger partial charge in [-0.05, 0) is 55.6 Å². The second-order valence-electron chi connectivity index (χ2n) is 5.70. The Hall–Kier alpha value is -2.18. The van der Waals surface area contributed by atoms with E-state index >= 15 is 0 Å². The van der Waals surface area contributed by atoms with Crippen molar-refractivity contribution in [2.75, 3.05) is 12.1 Å². The minimum atomic E-state index is -0.878. The number of anilines is 1. The Labute approximate surface area is 136 Å². The summed E-state index contributed by atoms with van der Waals surface area (Å²) in [5.41, 5.74) is 5.51. The van der Waals surface area contributed by atoms with Crippen molar-refractivity contribution in [1.82, 2.24) is 0 Å². The molecule has 1 heterocycles. The van der Waals surface area contributed by atoms with Crippen LogP contribution in [-0.2, 0) is 11.1 Å². The lowest BCUT2D eigenvalue weighted by Crippen LogP contribution is -2.41. The zero-order valence-electron chi connectivity index (χ0n) is 13.3. The molecule has 0 aliphatic carbocycles. The molecule has 6 heteroatoms. The molecule has 5 nitrogen and oxygen atoms in total. The van der Waals surface area contributed by atoms with Crippen LogP contribution in [0.25, 0.3) is 0 Å². The molecule has 0 saturated carbocycles. The van der Waals surface area contributed by atoms with Gasteiger partial charge in [-0.1, -0.05) is 18.2 Å². The van der Waals surface area contributed by atoms with Crippen LogP contribution in [0.4, 0.5) is 5.69 Å². The Kier molecular flexibility index (Phi) is 4.74. The number of para-hydroxylation sites is 2. The fourth-order valence-electron chi connectivity index (χ4n) is 2.49. The number of hydrogen-bond acceptors (Lipinski definition) is 5. The van der Waals surface area contributed by atoms with Gasteiger partial charge in [-0.3, -0.25) is 0 Å². The molecule has 0 saturated heterocycles. The second-order valence-corrected chi connectivity index (χ2v) is 5.70. The Morgan fingerprint density at radius 2 is 1.96 bits per heavy atom. The molecule has 2 aromatic carbocycles. The lowest BCUT2D eigenvalue weighted by atomic mass is 9.73. The zero-order chi connectivity index (χ0) is 16.2. The van der Waals surface area contributed by atoms with Gasteiger partial charge in [-0.15, -0.1) is 0 Å². The fraction of sp³-hybridized carbons (Fsp3) is 0.294. The summed E-state index contributed by atoms with van der Waals surface area (Å²) in [6.07, 6.45) is 0.870. The number of ether oxygens (including phenoxy) is 1. The predicted molar refractivity (Wildman–Crippen MR) is 90.2 cm³/mol. The number of benzene rings is 2. The molecule has 0 aromatic heterocycles. The van der Waals surface area contributed by atoms with E-state index in [0.717, 1.165) is 23.1 Å². The van der Waals surface area contributed by atoms with Crippen LogP contribution < -0.4 is 20.5 Å². The van der Waals surface area contributed by atoms with Crippen molar-refractivity contribution in [2.45, 2.75) is 26.4 Å². The third-order valence-electron chi connectivity index (χ3n) is 3.55. The first-order valence-corrected chi connectivity index (χ1v) is 7.74. The van der Waals surface area contributed by atoms with Crippen LogP contribution >= 0.6 is 0 Å². The molecule has 2 aromatic rings. The predicted octanol–water partition coefficient (Wildman–Crippen LogP) is 2.14. The quantitative estimate of drug-likeness (QED) is 0.654. The third-order valence-corrected chi connectivity index (χ3v) is 3.55. The van der Waals surface area contributed by atoms with Gasteiger partial charge in [0.05, 0.1) is 11.8 Å². The Bertz CT molecular complexity index is 677. The number of nitrogens with one attached hydrogen (secondary N) is 1. The van der Waals surface area contributed by atoms with Crippen LogP contribution in [0.1, 0.15) is 19.4 Å². The van der Waals surface area contributed by atoms with E-state index < -0.39 is 7.12 Å². The maximum absolute atomic E-state index is 9.90. The molecule has 1 aliphatic rings. The number of hydrogen-bond donors (Lipinski definition) is 2. The van der Waals surface area contributed by atoms with Gasteiger partial charge in [0, 0.05) is 6.61 Å². The molecule has 1 aliphatic heterocycles. The molecule has 2 N–H and O–H groups in total. The highest BCUT2D eigenvalue weighted by atomic mass is 16.7. The summed E-state index contributed by atoms with van der Waals surface area (Å²) in [5.74, 6) is 1.28. The number of fused-ring (bicyclic) bond motifs is 1. The van der Waals surface area contributed by atoms with E-state index in [1.165, 1.54) is 0 Å². The first-order valence-electron chi connectivity index (χ1n) is 7.74. The molecule has 0 unspecified atom stereocenters. The second kappa shape index (κ2) is 6.94. The zero-order valence-corrected chi connectivity index (χ0v) is 13.3. The Morgan fingerprint density at radius 1 is 1.17 bits per heavy atom. The lowest BCUT2D eigenvalue weighted by Gasteiger charge is -2.20. The standard InChI is InChI=1S/C17H20BNO4/c1-12(2)22-16-5-3-4-6-17(16)23-19-14-8-7-13-9-10-21-18(20)15(13)11-14/h3-8,11-12,19-20H,9-10H2,1-2H3. The molecule has 0 atom stereocenters. The van der Waals surface area contributed by atoms with Gasteiger partial charge in [-0.2, -0.15) is 0 Å². The summed E-state index contributed by atoms with van der Waals surface area (Å²) in [6, 6.07) is 13.2. The SMILES string of the molecule is CC(C)Oc1ccccc1ONc1ccc2c(c1)B(O)OCC2. The van der Waals surface area contributed by atoms with E-state index in [-0.39, 0.29) is 6.10 Å². The summed E-state index contributed by atoms with van der Waals surface area (Å²) in [4.78, 5) is 5.65. The van der Waals surface area contributed by atoms with Gasteiger partial charge in [0.25, 0.3) is 0 Å². The van der Waals surface area contributed by atoms with Crippen LogP contribution in [-0.4, -0.2) is 24.9 Å². The van der Waals surface area contributed by atoms with E-state index in [2.05, 4.69) is 5.48 Å². The van der Waals surface area contributed by atoms with E-state index in [9.17, 15) is 5.02 Å². The Balaban J connectivity index is 1.73. The molecule has 120 valence electrons. The minimum Gasteiger partial charge on any atom is -0.487 e. The van der Waals surface area contributed by atoms with Gasteiger partial charge in [0.1, 0.15) is 0 Å². The molecular formula is C17H20BNO4. The van der Waals surface area contributed by atoms with Crippen molar-refractivity contribution < 1.29 is 19.3 Å². The van der Waals surface area contributed by atoms with Crippen molar-refractivity contribution in [3.05, 3.63) is 48.0 Å². The van der Waals surface area contributed by atoms with E-state index in [4.69, 9.17) is 14.2 Å². The van der Waals surface area contributed by atoms with Gasteiger partial charge in [-0.25, -0.2) is 5.48 Å². The maximum atomic E-state index is 9.90. The normalized spacial score (nSPS) is 13.7. The van der Waals surface area contributed by atoms with Crippen molar-refractivity contribution in [3.63, 3.8) is 0 Å². The molecule has 0 bridgehead atoms. The fourth-order valence-corrected chi connectivity index (χ4v) is 2.49. The van der Waals surface area contributed by atoms with Crippen LogP contribution in [0.15, 0.2) is 42.5 Å². The van der Waals surface area contributed by atoms with E-state index in [1.807, 2.05) is 56.3 Å². The Morgan fingerprint density at radius 3 is 2.74 bits per heavy atom. The maximum Gasteiger partial charge on any atom is 0.491 e. The first-order chi connectivity index (χ1) is 11.1. The molecular weight excluding hydrogens is 293 g/mol. The largest absolute Gasteiger partial charge is 0.491 e. The van der Waals surface area contributed by atoms with Crippen molar-refractivity contribution >= 4 is 18.3 Å². The van der Waals surface area contributed by atoms with Crippen LogP contribution in [0.5, 0.6) is 11.5 Å². The molecule has 3 rings (SSSR count). The summed E-state index contributed by atoms with van der Waals surface area (Å²) >= 11 is 0. The summed E-state index contributed by atoms with van der Waals surface area (Å²) in [7, 11) is -0.878. The third kappa shape index (κ3) is 3.78. The van der Waals surface area contributed by atoms with Crippen LogP contribution in [0, 0.1) is 0 Å². The highest BCUT2D eigenvalue weighted by Gasteiger charge is 2.24. The van der Waals surface area contributed by atoms with Gasteiger partial charge in [0.15, 0.2) is 11.5 Å². The van der Waals surface area contributed by atoms with Crippen molar-refractivity contribution in [1.29, 1.82) is 0 Å². The lowest BCUT2D eigenvalue weighted by molar-refractivity contribution is 0.229. The molecule has 0 amide bonds. The highest BCUT2D eigenvalue weighted by Crippen LogP contribution is 2.27. The smallest absolute Gasteiger partial charge is 0.487 e. The van der Waals surface area contributed by atoms with Crippen LogP contribution in [0.3, 0.4) is 0 Å². The molecule has 23 heavy (non-hydrogen) atoms. The molecule has 0 fully saturated rings. The number of rotatable bonds is 5.